The number of carbonyl (C=O) groups is 2. The molecule has 1 atom stereocenters. The molecule has 9 heteroatoms. The molecule has 0 bridgehead atoms. The minimum Gasteiger partial charge on any atom is -0.481 e. The number of carboxylic acid groups (broad SMARTS) is 1. The third-order valence-electron chi connectivity index (χ3n) is 2.21. The summed E-state index contributed by atoms with van der Waals surface area (Å²) >= 11 is 0. The monoisotopic (exact) mass is 307 g/mol. The minimum absolute atomic E-state index is 0.378. The van der Waals surface area contributed by atoms with Gasteiger partial charge in [-0.1, -0.05) is 30.3 Å². The van der Waals surface area contributed by atoms with E-state index in [-0.39, 0.29) is 5.56 Å². The zero-order chi connectivity index (χ0) is 16.7. The summed E-state index contributed by atoms with van der Waals surface area (Å²) in [6.07, 6.45) is 0. The Morgan fingerprint density at radius 3 is 2.05 bits per heavy atom. The minimum atomic E-state index is -3.97. The number of carboxylic acids is 1. The van der Waals surface area contributed by atoms with Crippen LogP contribution in [0.25, 0.3) is 0 Å². The summed E-state index contributed by atoms with van der Waals surface area (Å²) in [5, 5.41) is 9.05. The zero-order valence-electron chi connectivity index (χ0n) is 11.1. The number of hydrogen-bond acceptors (Lipinski definition) is 3. The second kappa shape index (κ2) is 7.48. The topological polar surface area (TPSA) is 118 Å². The molecule has 0 aliphatic heterocycles. The van der Waals surface area contributed by atoms with Crippen LogP contribution in [0.15, 0.2) is 30.3 Å². The fraction of sp³-hybridized carbons (Fsp3) is 0.333. The van der Waals surface area contributed by atoms with Gasteiger partial charge in [-0.15, -0.1) is 0 Å². The lowest BCUT2D eigenvalue weighted by molar-refractivity contribution is -0.136. The predicted molar refractivity (Wildman–Crippen MR) is 69.3 cm³/mol. The summed E-state index contributed by atoms with van der Waals surface area (Å²) < 4.78 is 40.8. The maximum atomic E-state index is 13.9. The second-order valence-electron chi connectivity index (χ2n) is 4.02. The quantitative estimate of drug-likeness (QED) is 0.624. The van der Waals surface area contributed by atoms with Gasteiger partial charge in [0.2, 0.25) is 5.79 Å². The molecule has 0 spiro atoms. The van der Waals surface area contributed by atoms with Gasteiger partial charge < -0.3 is 16.2 Å². The van der Waals surface area contributed by atoms with Crippen LogP contribution in [-0.4, -0.2) is 29.6 Å². The lowest BCUT2D eigenvalue weighted by Crippen LogP contribution is -2.55. The summed E-state index contributed by atoms with van der Waals surface area (Å²) in [5.41, 5.74) is 9.25. The average Bonchev–Trinajstić information content (AvgIpc) is 2.36. The van der Waals surface area contributed by atoms with E-state index in [2.05, 4.69) is 5.73 Å². The SMILES string of the molecule is CC(=O)O.NC(=O)NCC(F)(F)C(N)(F)c1ccccc1. The number of amides is 2. The van der Waals surface area contributed by atoms with E-state index in [1.807, 2.05) is 0 Å². The van der Waals surface area contributed by atoms with Crippen LogP contribution in [-0.2, 0) is 10.6 Å². The molecule has 0 aliphatic carbocycles. The molecule has 1 aromatic carbocycles. The number of hydrogen-bond donors (Lipinski definition) is 4. The van der Waals surface area contributed by atoms with Crippen LogP contribution in [0.1, 0.15) is 12.5 Å². The van der Waals surface area contributed by atoms with E-state index in [9.17, 15) is 18.0 Å². The first-order valence-corrected chi connectivity index (χ1v) is 5.64. The highest BCUT2D eigenvalue weighted by Gasteiger charge is 2.53. The number of benzene rings is 1. The molecule has 0 saturated heterocycles. The molecule has 0 saturated carbocycles. The number of alkyl halides is 3. The van der Waals surface area contributed by atoms with Crippen molar-refractivity contribution in [2.45, 2.75) is 18.6 Å². The molecule has 0 aliphatic rings. The number of halogens is 3. The standard InChI is InChI=1S/C10H12F3N3O.C2H4O2/c11-9(12,6-16-8(14)17)10(13,15)7-4-2-1-3-5-7;1-2(3)4/h1-5H,6,15H2,(H3,14,16,17);1H3,(H,3,4). The average molecular weight is 307 g/mol. The van der Waals surface area contributed by atoms with Crippen molar-refractivity contribution in [3.8, 4) is 0 Å². The van der Waals surface area contributed by atoms with Crippen molar-refractivity contribution >= 4 is 12.0 Å². The van der Waals surface area contributed by atoms with E-state index < -0.39 is 30.3 Å². The summed E-state index contributed by atoms with van der Waals surface area (Å²) in [7, 11) is 0. The zero-order valence-corrected chi connectivity index (χ0v) is 11.1. The highest BCUT2D eigenvalue weighted by Crippen LogP contribution is 2.36. The molecule has 0 heterocycles. The summed E-state index contributed by atoms with van der Waals surface area (Å²) in [6.45, 7) is -0.190. The highest BCUT2D eigenvalue weighted by atomic mass is 19.3. The van der Waals surface area contributed by atoms with E-state index in [0.717, 1.165) is 19.1 Å². The number of nitrogens with one attached hydrogen (secondary N) is 1. The molecule has 1 unspecified atom stereocenters. The Bertz CT molecular complexity index is 477. The van der Waals surface area contributed by atoms with Gasteiger partial charge in [-0.05, 0) is 0 Å². The summed E-state index contributed by atoms with van der Waals surface area (Å²) in [5.74, 6) is -8.18. The molecule has 118 valence electrons. The number of aliphatic carboxylic acids is 1. The Kier molecular flexibility index (Phi) is 6.67. The van der Waals surface area contributed by atoms with E-state index in [0.29, 0.717) is 0 Å². The van der Waals surface area contributed by atoms with Crippen molar-refractivity contribution in [3.05, 3.63) is 35.9 Å². The number of nitrogens with two attached hydrogens (primary N) is 2. The highest BCUT2D eigenvalue weighted by molar-refractivity contribution is 5.71. The molecule has 6 nitrogen and oxygen atoms in total. The predicted octanol–water partition coefficient (Wildman–Crippen LogP) is 1.16. The third-order valence-corrected chi connectivity index (χ3v) is 2.21. The number of rotatable bonds is 4. The van der Waals surface area contributed by atoms with Gasteiger partial charge in [0.25, 0.3) is 5.97 Å². The summed E-state index contributed by atoms with van der Waals surface area (Å²) in [6, 6.07) is 5.41. The van der Waals surface area contributed by atoms with E-state index in [1.54, 1.807) is 11.4 Å². The van der Waals surface area contributed by atoms with Crippen molar-refractivity contribution in [1.29, 1.82) is 0 Å². The summed E-state index contributed by atoms with van der Waals surface area (Å²) in [4.78, 5) is 19.3. The Balaban J connectivity index is 0.000000885. The fourth-order valence-corrected chi connectivity index (χ4v) is 1.22. The van der Waals surface area contributed by atoms with Crippen LogP contribution in [0.5, 0.6) is 0 Å². The van der Waals surface area contributed by atoms with Crippen LogP contribution in [0, 0.1) is 0 Å². The molecular formula is C12H16F3N3O3. The lowest BCUT2D eigenvalue weighted by atomic mass is 9.98. The Morgan fingerprint density at radius 2 is 1.67 bits per heavy atom. The Morgan fingerprint density at radius 1 is 1.24 bits per heavy atom. The van der Waals surface area contributed by atoms with Crippen molar-refractivity contribution < 1.29 is 27.9 Å². The molecule has 1 aromatic rings. The van der Waals surface area contributed by atoms with Gasteiger partial charge in [0.05, 0.1) is 6.54 Å². The molecular weight excluding hydrogens is 291 g/mol. The number of primary amides is 1. The van der Waals surface area contributed by atoms with Gasteiger partial charge in [-0.3, -0.25) is 10.5 Å². The molecule has 0 aromatic heterocycles. The van der Waals surface area contributed by atoms with Crippen molar-refractivity contribution in [2.75, 3.05) is 6.54 Å². The van der Waals surface area contributed by atoms with E-state index in [4.69, 9.17) is 15.6 Å². The second-order valence-corrected chi connectivity index (χ2v) is 4.02. The first-order valence-electron chi connectivity index (χ1n) is 5.64. The smallest absolute Gasteiger partial charge is 0.315 e. The number of urea groups is 1. The Labute approximate surface area is 118 Å². The molecule has 21 heavy (non-hydrogen) atoms. The van der Waals surface area contributed by atoms with Gasteiger partial charge in [0.1, 0.15) is 0 Å². The molecule has 1 rings (SSSR count). The molecule has 0 fully saturated rings. The van der Waals surface area contributed by atoms with Crippen molar-refractivity contribution in [2.24, 2.45) is 11.5 Å². The maximum Gasteiger partial charge on any atom is 0.315 e. The molecule has 0 radical (unpaired) electrons. The first kappa shape index (κ1) is 18.7. The Hall–Kier alpha value is -2.29. The third kappa shape index (κ3) is 6.13. The van der Waals surface area contributed by atoms with Gasteiger partial charge in [-0.25, -0.2) is 9.18 Å². The van der Waals surface area contributed by atoms with Crippen LogP contribution in [0.3, 0.4) is 0 Å². The van der Waals surface area contributed by atoms with Gasteiger partial charge in [-0.2, -0.15) is 8.78 Å². The van der Waals surface area contributed by atoms with Crippen LogP contribution in [0.2, 0.25) is 0 Å². The first-order chi connectivity index (χ1) is 9.50. The molecule has 6 N–H and O–H groups in total. The van der Waals surface area contributed by atoms with Crippen LogP contribution >= 0.6 is 0 Å². The molecule has 2 amide bonds. The van der Waals surface area contributed by atoms with E-state index >= 15 is 0 Å². The van der Waals surface area contributed by atoms with Crippen molar-refractivity contribution in [3.63, 3.8) is 0 Å². The van der Waals surface area contributed by atoms with Crippen molar-refractivity contribution in [1.82, 2.24) is 5.32 Å². The lowest BCUT2D eigenvalue weighted by Gasteiger charge is -2.30. The van der Waals surface area contributed by atoms with E-state index in [1.165, 1.54) is 12.1 Å². The van der Waals surface area contributed by atoms with Gasteiger partial charge in [0, 0.05) is 12.5 Å². The van der Waals surface area contributed by atoms with Gasteiger partial charge in [0.15, 0.2) is 0 Å². The fourth-order valence-electron chi connectivity index (χ4n) is 1.22. The number of carbonyl (C=O) groups excluding carboxylic acids is 1. The van der Waals surface area contributed by atoms with Crippen LogP contribution < -0.4 is 16.8 Å². The largest absolute Gasteiger partial charge is 0.481 e. The van der Waals surface area contributed by atoms with Crippen LogP contribution in [0.4, 0.5) is 18.0 Å². The van der Waals surface area contributed by atoms with Gasteiger partial charge >= 0.3 is 12.0 Å². The maximum absolute atomic E-state index is 13.9. The normalized spacial score (nSPS) is 13.4.